The number of methoxy groups -OCH3 is 1. The molecule has 1 heterocycles. The number of β-amino-alcohol motifs (C(OH)–C–C–N with tert-alkyl or cyclic N) is 1. The minimum atomic E-state index is -0.362. The SMILES string of the molecule is COCC(O)CN1CCC(N)CC1.Cl. The quantitative estimate of drug-likeness (QED) is 0.697. The van der Waals surface area contributed by atoms with Crippen LogP contribution in [0.4, 0.5) is 0 Å². The van der Waals surface area contributed by atoms with Gasteiger partial charge >= 0.3 is 0 Å². The van der Waals surface area contributed by atoms with Crippen molar-refractivity contribution in [1.82, 2.24) is 4.90 Å². The highest BCUT2D eigenvalue weighted by atomic mass is 35.5. The molecule has 1 aliphatic heterocycles. The molecule has 3 N–H and O–H groups in total. The van der Waals surface area contributed by atoms with E-state index in [0.717, 1.165) is 25.9 Å². The predicted octanol–water partition coefficient (Wildman–Crippen LogP) is -0.161. The van der Waals surface area contributed by atoms with E-state index in [-0.39, 0.29) is 18.5 Å². The molecule has 0 saturated carbocycles. The van der Waals surface area contributed by atoms with Gasteiger partial charge in [-0.15, -0.1) is 12.4 Å². The van der Waals surface area contributed by atoms with Crippen molar-refractivity contribution in [2.24, 2.45) is 5.73 Å². The van der Waals surface area contributed by atoms with Crippen LogP contribution in [-0.4, -0.2) is 55.5 Å². The summed E-state index contributed by atoms with van der Waals surface area (Å²) in [7, 11) is 1.61. The van der Waals surface area contributed by atoms with Crippen molar-refractivity contribution in [1.29, 1.82) is 0 Å². The van der Waals surface area contributed by atoms with Crippen LogP contribution >= 0.6 is 12.4 Å². The first-order chi connectivity index (χ1) is 6.22. The Morgan fingerprint density at radius 2 is 2.07 bits per heavy atom. The molecule has 0 radical (unpaired) electrons. The van der Waals surface area contributed by atoms with E-state index in [1.54, 1.807) is 7.11 Å². The number of nitrogens with zero attached hydrogens (tertiary/aromatic N) is 1. The van der Waals surface area contributed by atoms with Gasteiger partial charge in [0, 0.05) is 19.7 Å². The molecule has 1 unspecified atom stereocenters. The second-order valence-corrected chi connectivity index (χ2v) is 3.75. The molecule has 0 aliphatic carbocycles. The van der Waals surface area contributed by atoms with Crippen molar-refractivity contribution in [2.75, 3.05) is 33.4 Å². The fraction of sp³-hybridized carbons (Fsp3) is 1.00. The Kier molecular flexibility index (Phi) is 7.49. The highest BCUT2D eigenvalue weighted by Gasteiger charge is 2.18. The van der Waals surface area contributed by atoms with Gasteiger partial charge in [0.2, 0.25) is 0 Å². The molecule has 14 heavy (non-hydrogen) atoms. The van der Waals surface area contributed by atoms with Gasteiger partial charge in [-0.05, 0) is 25.9 Å². The standard InChI is InChI=1S/C9H20N2O2.ClH/c1-13-7-9(12)6-11-4-2-8(10)3-5-11;/h8-9,12H,2-7,10H2,1H3;1H. The summed E-state index contributed by atoms with van der Waals surface area (Å²) >= 11 is 0. The van der Waals surface area contributed by atoms with Gasteiger partial charge in [0.05, 0.1) is 12.7 Å². The van der Waals surface area contributed by atoms with Crippen LogP contribution in [0.1, 0.15) is 12.8 Å². The average molecular weight is 225 g/mol. The van der Waals surface area contributed by atoms with Crippen molar-refractivity contribution < 1.29 is 9.84 Å². The zero-order valence-electron chi connectivity index (χ0n) is 8.69. The van der Waals surface area contributed by atoms with Gasteiger partial charge < -0.3 is 20.5 Å². The molecule has 1 fully saturated rings. The Morgan fingerprint density at radius 1 is 1.50 bits per heavy atom. The molecule has 86 valence electrons. The molecule has 0 aromatic carbocycles. The fourth-order valence-electron chi connectivity index (χ4n) is 1.68. The second kappa shape index (κ2) is 7.43. The lowest BCUT2D eigenvalue weighted by Crippen LogP contribution is -2.43. The summed E-state index contributed by atoms with van der Waals surface area (Å²) in [5.74, 6) is 0. The van der Waals surface area contributed by atoms with Crippen LogP contribution in [0.15, 0.2) is 0 Å². The molecule has 5 heteroatoms. The summed E-state index contributed by atoms with van der Waals surface area (Å²) < 4.78 is 4.86. The van der Waals surface area contributed by atoms with Gasteiger partial charge in [0.15, 0.2) is 0 Å². The first kappa shape index (κ1) is 14.1. The molecule has 1 aliphatic rings. The van der Waals surface area contributed by atoms with E-state index >= 15 is 0 Å². The van der Waals surface area contributed by atoms with E-state index in [1.807, 2.05) is 0 Å². The van der Waals surface area contributed by atoms with E-state index in [4.69, 9.17) is 10.5 Å². The Hall–Kier alpha value is 0.130. The predicted molar refractivity (Wildman–Crippen MR) is 58.8 cm³/mol. The minimum Gasteiger partial charge on any atom is -0.389 e. The molecule has 0 bridgehead atoms. The molecule has 0 aromatic rings. The number of likely N-dealkylation sites (tertiary alicyclic amines) is 1. The maximum atomic E-state index is 9.47. The molecule has 1 atom stereocenters. The lowest BCUT2D eigenvalue weighted by Gasteiger charge is -2.31. The normalized spacial score (nSPS) is 21.6. The molecule has 4 nitrogen and oxygen atoms in total. The van der Waals surface area contributed by atoms with Gasteiger partial charge in [-0.2, -0.15) is 0 Å². The van der Waals surface area contributed by atoms with Gasteiger partial charge in [-0.25, -0.2) is 0 Å². The smallest absolute Gasteiger partial charge is 0.0900 e. The third-order valence-electron chi connectivity index (χ3n) is 2.46. The maximum Gasteiger partial charge on any atom is 0.0900 e. The van der Waals surface area contributed by atoms with Crippen molar-refractivity contribution in [2.45, 2.75) is 25.0 Å². The Bertz CT molecular complexity index is 141. The summed E-state index contributed by atoms with van der Waals surface area (Å²) in [6.45, 7) is 3.13. The lowest BCUT2D eigenvalue weighted by atomic mass is 10.1. The summed E-state index contributed by atoms with van der Waals surface area (Å²) in [6, 6.07) is 0.357. The molecule has 0 aromatic heterocycles. The topological polar surface area (TPSA) is 58.7 Å². The number of piperidine rings is 1. The Morgan fingerprint density at radius 3 is 2.57 bits per heavy atom. The molecule has 0 amide bonds. The van der Waals surface area contributed by atoms with E-state index in [1.165, 1.54) is 0 Å². The number of halogens is 1. The fourth-order valence-corrected chi connectivity index (χ4v) is 1.68. The molecule has 1 rings (SSSR count). The van der Waals surface area contributed by atoms with Crippen LogP contribution in [-0.2, 0) is 4.74 Å². The van der Waals surface area contributed by atoms with Crippen LogP contribution in [0.3, 0.4) is 0 Å². The first-order valence-corrected chi connectivity index (χ1v) is 4.87. The van der Waals surface area contributed by atoms with Crippen molar-refractivity contribution in [3.63, 3.8) is 0 Å². The molecule has 0 spiro atoms. The third kappa shape index (κ3) is 5.12. The highest BCUT2D eigenvalue weighted by molar-refractivity contribution is 5.85. The lowest BCUT2D eigenvalue weighted by molar-refractivity contribution is 0.0322. The monoisotopic (exact) mass is 224 g/mol. The van der Waals surface area contributed by atoms with Crippen molar-refractivity contribution >= 4 is 12.4 Å². The Balaban J connectivity index is 0.00000169. The minimum absolute atomic E-state index is 0. The van der Waals surface area contributed by atoms with Gasteiger partial charge in [-0.3, -0.25) is 0 Å². The number of aliphatic hydroxyl groups excluding tert-OH is 1. The van der Waals surface area contributed by atoms with Crippen LogP contribution in [0.25, 0.3) is 0 Å². The van der Waals surface area contributed by atoms with Crippen LogP contribution < -0.4 is 5.73 Å². The Labute approximate surface area is 91.8 Å². The molecular formula is C9H21ClN2O2. The number of nitrogens with two attached hydrogens (primary N) is 1. The van der Waals surface area contributed by atoms with Crippen LogP contribution in [0.2, 0.25) is 0 Å². The zero-order chi connectivity index (χ0) is 9.68. The van der Waals surface area contributed by atoms with Crippen LogP contribution in [0.5, 0.6) is 0 Å². The summed E-state index contributed by atoms with van der Waals surface area (Å²) in [5.41, 5.74) is 5.77. The number of aliphatic hydroxyl groups is 1. The largest absolute Gasteiger partial charge is 0.389 e. The number of rotatable bonds is 4. The van der Waals surface area contributed by atoms with E-state index in [2.05, 4.69) is 4.90 Å². The number of ether oxygens (including phenoxy) is 1. The van der Waals surface area contributed by atoms with E-state index in [9.17, 15) is 5.11 Å². The van der Waals surface area contributed by atoms with Gasteiger partial charge in [-0.1, -0.05) is 0 Å². The van der Waals surface area contributed by atoms with E-state index < -0.39 is 0 Å². The first-order valence-electron chi connectivity index (χ1n) is 4.87. The molecule has 1 saturated heterocycles. The average Bonchev–Trinajstić information content (AvgIpc) is 2.09. The zero-order valence-corrected chi connectivity index (χ0v) is 9.50. The molecular weight excluding hydrogens is 204 g/mol. The van der Waals surface area contributed by atoms with E-state index in [0.29, 0.717) is 19.2 Å². The van der Waals surface area contributed by atoms with Crippen molar-refractivity contribution in [3.8, 4) is 0 Å². The maximum absolute atomic E-state index is 9.47. The summed E-state index contributed by atoms with van der Waals surface area (Å²) in [6.07, 6.45) is 1.72. The highest BCUT2D eigenvalue weighted by Crippen LogP contribution is 2.08. The van der Waals surface area contributed by atoms with Crippen molar-refractivity contribution in [3.05, 3.63) is 0 Å². The van der Waals surface area contributed by atoms with Gasteiger partial charge in [0.1, 0.15) is 0 Å². The number of hydrogen-bond donors (Lipinski definition) is 2. The van der Waals surface area contributed by atoms with Gasteiger partial charge in [0.25, 0.3) is 0 Å². The number of hydrogen-bond acceptors (Lipinski definition) is 4. The summed E-state index contributed by atoms with van der Waals surface area (Å²) in [4.78, 5) is 2.24. The summed E-state index contributed by atoms with van der Waals surface area (Å²) in [5, 5.41) is 9.47. The second-order valence-electron chi connectivity index (χ2n) is 3.75. The third-order valence-corrected chi connectivity index (χ3v) is 2.46. The van der Waals surface area contributed by atoms with Crippen LogP contribution in [0, 0.1) is 0 Å².